The summed E-state index contributed by atoms with van der Waals surface area (Å²) in [5, 5.41) is 3.49. The van der Waals surface area contributed by atoms with Gasteiger partial charge in [0.2, 0.25) is 0 Å². The molecule has 0 spiro atoms. The third kappa shape index (κ3) is 1.52. The lowest BCUT2D eigenvalue weighted by molar-refractivity contribution is 0.241. The standard InChI is InChI=1S/C9H15N3/c1-12-5-4-11-9(7-12)8-2-3-10-6-8/h2-3,6,9-11H,4-5,7H2,1H3. The van der Waals surface area contributed by atoms with Gasteiger partial charge in [-0.25, -0.2) is 0 Å². The Bertz CT molecular complexity index is 230. The number of aromatic amines is 1. The largest absolute Gasteiger partial charge is 0.367 e. The van der Waals surface area contributed by atoms with E-state index in [9.17, 15) is 0 Å². The molecule has 1 unspecified atom stereocenters. The van der Waals surface area contributed by atoms with Gasteiger partial charge >= 0.3 is 0 Å². The molecule has 12 heavy (non-hydrogen) atoms. The normalized spacial score (nSPS) is 25.9. The van der Waals surface area contributed by atoms with E-state index in [1.807, 2.05) is 6.20 Å². The minimum Gasteiger partial charge on any atom is -0.367 e. The Morgan fingerprint density at radius 1 is 1.58 bits per heavy atom. The van der Waals surface area contributed by atoms with E-state index in [0.29, 0.717) is 6.04 Å². The molecule has 1 fully saturated rings. The molecule has 0 aromatic carbocycles. The summed E-state index contributed by atoms with van der Waals surface area (Å²) in [6.45, 7) is 3.35. The summed E-state index contributed by atoms with van der Waals surface area (Å²) >= 11 is 0. The summed E-state index contributed by atoms with van der Waals surface area (Å²) in [4.78, 5) is 5.44. The summed E-state index contributed by atoms with van der Waals surface area (Å²) in [5.74, 6) is 0. The van der Waals surface area contributed by atoms with Crippen molar-refractivity contribution in [3.8, 4) is 0 Å². The maximum absolute atomic E-state index is 3.49. The van der Waals surface area contributed by atoms with Crippen molar-refractivity contribution in [2.45, 2.75) is 6.04 Å². The zero-order valence-electron chi connectivity index (χ0n) is 7.38. The minimum absolute atomic E-state index is 0.509. The van der Waals surface area contributed by atoms with E-state index in [-0.39, 0.29) is 0 Å². The van der Waals surface area contributed by atoms with E-state index in [1.54, 1.807) is 0 Å². The summed E-state index contributed by atoms with van der Waals surface area (Å²) in [6.07, 6.45) is 4.04. The van der Waals surface area contributed by atoms with E-state index >= 15 is 0 Å². The highest BCUT2D eigenvalue weighted by atomic mass is 15.2. The van der Waals surface area contributed by atoms with Gasteiger partial charge < -0.3 is 15.2 Å². The lowest BCUT2D eigenvalue weighted by Crippen LogP contribution is -2.43. The van der Waals surface area contributed by atoms with Gasteiger partial charge in [0, 0.05) is 38.1 Å². The Morgan fingerprint density at radius 2 is 2.50 bits per heavy atom. The maximum Gasteiger partial charge on any atom is 0.0464 e. The molecule has 3 heteroatoms. The molecule has 1 aliphatic rings. The van der Waals surface area contributed by atoms with Crippen LogP contribution in [0.25, 0.3) is 0 Å². The molecule has 3 nitrogen and oxygen atoms in total. The van der Waals surface area contributed by atoms with Gasteiger partial charge in [-0.2, -0.15) is 0 Å². The van der Waals surface area contributed by atoms with Crippen LogP contribution in [0.3, 0.4) is 0 Å². The van der Waals surface area contributed by atoms with Crippen molar-refractivity contribution in [1.29, 1.82) is 0 Å². The predicted molar refractivity (Wildman–Crippen MR) is 49.0 cm³/mol. The first-order valence-electron chi connectivity index (χ1n) is 4.41. The van der Waals surface area contributed by atoms with Crippen molar-refractivity contribution < 1.29 is 0 Å². The van der Waals surface area contributed by atoms with Crippen LogP contribution in [0, 0.1) is 0 Å². The Morgan fingerprint density at radius 3 is 3.17 bits per heavy atom. The van der Waals surface area contributed by atoms with Crippen LogP contribution in [0.5, 0.6) is 0 Å². The third-order valence-electron chi connectivity index (χ3n) is 2.40. The summed E-state index contributed by atoms with van der Waals surface area (Å²) in [7, 11) is 2.17. The number of aromatic nitrogens is 1. The zero-order valence-corrected chi connectivity index (χ0v) is 7.38. The van der Waals surface area contributed by atoms with Gasteiger partial charge in [-0.15, -0.1) is 0 Å². The maximum atomic E-state index is 3.49. The van der Waals surface area contributed by atoms with Crippen LogP contribution in [-0.2, 0) is 0 Å². The lowest BCUT2D eigenvalue weighted by atomic mass is 10.1. The molecular formula is C9H15N3. The molecule has 0 radical (unpaired) electrons. The fourth-order valence-corrected chi connectivity index (χ4v) is 1.67. The Labute approximate surface area is 72.8 Å². The van der Waals surface area contributed by atoms with Crippen molar-refractivity contribution in [2.24, 2.45) is 0 Å². The summed E-state index contributed by atoms with van der Waals surface area (Å²) in [6, 6.07) is 2.64. The van der Waals surface area contributed by atoms with E-state index < -0.39 is 0 Å². The van der Waals surface area contributed by atoms with Crippen LogP contribution < -0.4 is 5.32 Å². The number of nitrogens with zero attached hydrogens (tertiary/aromatic N) is 1. The number of rotatable bonds is 1. The van der Waals surface area contributed by atoms with Gasteiger partial charge in [0.15, 0.2) is 0 Å². The molecule has 1 aromatic heterocycles. The van der Waals surface area contributed by atoms with Crippen molar-refractivity contribution in [2.75, 3.05) is 26.7 Å². The van der Waals surface area contributed by atoms with Crippen molar-refractivity contribution in [3.05, 3.63) is 24.0 Å². The van der Waals surface area contributed by atoms with Gasteiger partial charge in [0.25, 0.3) is 0 Å². The second kappa shape index (κ2) is 3.29. The highest BCUT2D eigenvalue weighted by molar-refractivity contribution is 5.15. The lowest BCUT2D eigenvalue weighted by Gasteiger charge is -2.30. The molecule has 0 saturated carbocycles. The SMILES string of the molecule is CN1CCNC(c2cc[nH]c2)C1. The molecule has 66 valence electrons. The van der Waals surface area contributed by atoms with E-state index in [4.69, 9.17) is 0 Å². The first-order chi connectivity index (χ1) is 5.86. The van der Waals surface area contributed by atoms with Crippen molar-refractivity contribution in [1.82, 2.24) is 15.2 Å². The number of hydrogen-bond donors (Lipinski definition) is 2. The third-order valence-corrected chi connectivity index (χ3v) is 2.40. The van der Waals surface area contributed by atoms with Gasteiger partial charge in [-0.1, -0.05) is 0 Å². The first-order valence-corrected chi connectivity index (χ1v) is 4.41. The van der Waals surface area contributed by atoms with Gasteiger partial charge in [-0.3, -0.25) is 0 Å². The number of hydrogen-bond acceptors (Lipinski definition) is 2. The van der Waals surface area contributed by atoms with Gasteiger partial charge in [-0.05, 0) is 18.7 Å². The highest BCUT2D eigenvalue weighted by Gasteiger charge is 2.17. The first kappa shape index (κ1) is 7.83. The van der Waals surface area contributed by atoms with Crippen LogP contribution >= 0.6 is 0 Å². The fourth-order valence-electron chi connectivity index (χ4n) is 1.67. The van der Waals surface area contributed by atoms with E-state index in [1.165, 1.54) is 5.56 Å². The molecule has 1 atom stereocenters. The molecule has 1 aromatic rings. The predicted octanol–water partition coefficient (Wildman–Crippen LogP) is 0.591. The number of piperazine rings is 1. The molecule has 0 aliphatic carbocycles. The molecule has 1 aliphatic heterocycles. The molecule has 0 bridgehead atoms. The number of nitrogens with one attached hydrogen (secondary N) is 2. The molecule has 2 rings (SSSR count). The van der Waals surface area contributed by atoms with Gasteiger partial charge in [0.05, 0.1) is 0 Å². The highest BCUT2D eigenvalue weighted by Crippen LogP contribution is 2.14. The smallest absolute Gasteiger partial charge is 0.0464 e. The van der Waals surface area contributed by atoms with Crippen LogP contribution in [0.15, 0.2) is 18.5 Å². The summed E-state index contributed by atoms with van der Waals surface area (Å²) < 4.78 is 0. The average molecular weight is 165 g/mol. The van der Waals surface area contributed by atoms with E-state index in [2.05, 4.69) is 34.5 Å². The van der Waals surface area contributed by atoms with Crippen LogP contribution in [-0.4, -0.2) is 36.6 Å². The molecular weight excluding hydrogens is 150 g/mol. The zero-order chi connectivity index (χ0) is 8.39. The molecule has 1 saturated heterocycles. The van der Waals surface area contributed by atoms with Crippen LogP contribution in [0.2, 0.25) is 0 Å². The van der Waals surface area contributed by atoms with E-state index in [0.717, 1.165) is 19.6 Å². The quantitative estimate of drug-likeness (QED) is 0.638. The van der Waals surface area contributed by atoms with Crippen LogP contribution in [0.4, 0.5) is 0 Å². The Hall–Kier alpha value is -0.800. The monoisotopic (exact) mass is 165 g/mol. The Balaban J connectivity index is 2.04. The number of H-pyrrole nitrogens is 1. The Kier molecular flexibility index (Phi) is 2.15. The van der Waals surface area contributed by atoms with Crippen molar-refractivity contribution in [3.63, 3.8) is 0 Å². The second-order valence-corrected chi connectivity index (χ2v) is 3.41. The second-order valence-electron chi connectivity index (χ2n) is 3.41. The molecule has 2 heterocycles. The topological polar surface area (TPSA) is 31.1 Å². The summed E-state index contributed by atoms with van der Waals surface area (Å²) in [5.41, 5.74) is 1.36. The molecule has 2 N–H and O–H groups in total. The average Bonchev–Trinajstić information content (AvgIpc) is 2.56. The van der Waals surface area contributed by atoms with Crippen LogP contribution in [0.1, 0.15) is 11.6 Å². The van der Waals surface area contributed by atoms with Gasteiger partial charge in [0.1, 0.15) is 0 Å². The number of likely N-dealkylation sites (N-methyl/N-ethyl adjacent to an activating group) is 1. The fraction of sp³-hybridized carbons (Fsp3) is 0.556. The molecule has 0 amide bonds. The van der Waals surface area contributed by atoms with Crippen molar-refractivity contribution >= 4 is 0 Å². The minimum atomic E-state index is 0.509.